The van der Waals surface area contributed by atoms with Gasteiger partial charge in [0.2, 0.25) is 0 Å². The maximum absolute atomic E-state index is 2.46. The first-order chi connectivity index (χ1) is 6.21. The van der Waals surface area contributed by atoms with Gasteiger partial charge in [-0.3, -0.25) is 0 Å². The molecule has 0 fully saturated rings. The molecule has 0 nitrogen and oxygen atoms in total. The highest BCUT2D eigenvalue weighted by molar-refractivity contribution is 7.38. The maximum atomic E-state index is 2.46. The van der Waals surface area contributed by atoms with Crippen LogP contribution in [0.4, 0.5) is 0 Å². The van der Waals surface area contributed by atoms with Crippen LogP contribution < -0.4 is 9.00 Å². The minimum atomic E-state index is -1.24. The summed E-state index contributed by atoms with van der Waals surface area (Å²) < 4.78 is 3.35. The van der Waals surface area contributed by atoms with Crippen LogP contribution >= 0.6 is 22.7 Å². The van der Waals surface area contributed by atoms with Gasteiger partial charge >= 0.3 is 0 Å². The molecule has 0 saturated carbocycles. The van der Waals surface area contributed by atoms with E-state index in [0.29, 0.717) is 0 Å². The van der Waals surface area contributed by atoms with Gasteiger partial charge < -0.3 is 0 Å². The van der Waals surface area contributed by atoms with Gasteiger partial charge in [-0.25, -0.2) is 0 Å². The van der Waals surface area contributed by atoms with Crippen LogP contribution in [-0.2, 0) is 0 Å². The third-order valence-corrected chi connectivity index (χ3v) is 10.8. The highest BCUT2D eigenvalue weighted by atomic mass is 32.1. The van der Waals surface area contributed by atoms with Crippen LogP contribution in [0, 0.1) is 0 Å². The van der Waals surface area contributed by atoms with E-state index in [2.05, 4.69) is 36.0 Å². The molecule has 13 heavy (non-hydrogen) atoms. The smallest absolute Gasteiger partial charge is 0.138 e. The number of thiophene rings is 2. The molecule has 1 aliphatic heterocycles. The molecule has 1 aliphatic rings. The minimum absolute atomic E-state index is 1.24. The Labute approximate surface area is 86.9 Å². The van der Waals surface area contributed by atoms with E-state index >= 15 is 0 Å². The van der Waals surface area contributed by atoms with Crippen LogP contribution in [0.1, 0.15) is 0 Å². The second-order valence-corrected chi connectivity index (χ2v) is 10.8. The maximum Gasteiger partial charge on any atom is 0.138 e. The minimum Gasteiger partial charge on any atom is -0.152 e. The quantitative estimate of drug-likeness (QED) is 0.601. The van der Waals surface area contributed by atoms with Gasteiger partial charge in [0.1, 0.15) is 8.07 Å². The van der Waals surface area contributed by atoms with Crippen molar-refractivity contribution in [3.63, 3.8) is 0 Å². The molecule has 3 rings (SSSR count). The van der Waals surface area contributed by atoms with Crippen molar-refractivity contribution in [3.8, 4) is 11.1 Å². The Bertz CT molecular complexity index is 422. The normalized spacial score (nSPS) is 17.1. The van der Waals surface area contributed by atoms with E-state index in [1.165, 1.54) is 11.1 Å². The van der Waals surface area contributed by atoms with E-state index in [-0.39, 0.29) is 0 Å². The monoisotopic (exact) mass is 222 g/mol. The highest BCUT2D eigenvalue weighted by Gasteiger charge is 2.39. The predicted octanol–water partition coefficient (Wildman–Crippen LogP) is 2.61. The molecule has 0 radical (unpaired) electrons. The molecule has 3 heterocycles. The van der Waals surface area contributed by atoms with E-state index in [4.69, 9.17) is 0 Å². The summed E-state index contributed by atoms with van der Waals surface area (Å²) in [5.41, 5.74) is 3.05. The van der Waals surface area contributed by atoms with Crippen molar-refractivity contribution < 1.29 is 0 Å². The Kier molecular flexibility index (Phi) is 1.44. The average molecular weight is 222 g/mol. The van der Waals surface area contributed by atoms with E-state index < -0.39 is 8.07 Å². The first-order valence-electron chi connectivity index (χ1n) is 4.37. The van der Waals surface area contributed by atoms with Gasteiger partial charge in [0.15, 0.2) is 0 Å². The molecule has 2 aromatic rings. The van der Waals surface area contributed by atoms with Crippen LogP contribution in [0.3, 0.4) is 0 Å². The van der Waals surface area contributed by atoms with Crippen molar-refractivity contribution in [1.82, 2.24) is 0 Å². The zero-order valence-electron chi connectivity index (χ0n) is 7.63. The summed E-state index contributed by atoms with van der Waals surface area (Å²) in [5.74, 6) is 0. The third-order valence-electron chi connectivity index (χ3n) is 2.76. The zero-order chi connectivity index (χ0) is 9.05. The van der Waals surface area contributed by atoms with Crippen molar-refractivity contribution >= 4 is 39.7 Å². The first kappa shape index (κ1) is 7.97. The van der Waals surface area contributed by atoms with E-state index in [1.54, 1.807) is 9.00 Å². The molecule has 0 N–H and O–H groups in total. The van der Waals surface area contributed by atoms with E-state index in [9.17, 15) is 0 Å². The standard InChI is InChI=1S/C10H10S2Si/c1-13(2)9-7(3-5-11-9)8-4-6-12-10(8)13/h3-6H,1-2H3. The molecular formula is C10H10S2Si. The van der Waals surface area contributed by atoms with E-state index in [0.717, 1.165) is 0 Å². The van der Waals surface area contributed by atoms with Gasteiger partial charge in [-0.2, -0.15) is 22.7 Å². The lowest BCUT2D eigenvalue weighted by Gasteiger charge is -2.13. The Morgan fingerprint density at radius 2 is 1.38 bits per heavy atom. The van der Waals surface area contributed by atoms with E-state index in [1.807, 2.05) is 22.7 Å². The summed E-state index contributed by atoms with van der Waals surface area (Å²) >= 11 is 3.90. The van der Waals surface area contributed by atoms with Gasteiger partial charge in [-0.15, -0.1) is 0 Å². The molecule has 0 aliphatic carbocycles. The van der Waals surface area contributed by atoms with Crippen LogP contribution in [0.2, 0.25) is 13.1 Å². The molecule has 2 aromatic heterocycles. The van der Waals surface area contributed by atoms with Gasteiger partial charge in [0.05, 0.1) is 0 Å². The molecule has 0 atom stereocenters. The number of fused-ring (bicyclic) bond motifs is 3. The Hall–Kier alpha value is -0.383. The van der Waals surface area contributed by atoms with Gasteiger partial charge in [-0.05, 0) is 34.0 Å². The SMILES string of the molecule is C[Si]1(C)c2sccc2-c2ccsc21. The van der Waals surface area contributed by atoms with Crippen LogP contribution in [-0.4, -0.2) is 8.07 Å². The fourth-order valence-electron chi connectivity index (χ4n) is 2.11. The summed E-state index contributed by atoms with van der Waals surface area (Å²) in [6, 6.07) is 4.57. The van der Waals surface area contributed by atoms with Gasteiger partial charge in [0.25, 0.3) is 0 Å². The third kappa shape index (κ3) is 0.847. The topological polar surface area (TPSA) is 0 Å². The van der Waals surface area contributed by atoms with Gasteiger partial charge in [0, 0.05) is 9.00 Å². The lowest BCUT2D eigenvalue weighted by atomic mass is 10.2. The largest absolute Gasteiger partial charge is 0.152 e. The first-order valence-corrected chi connectivity index (χ1v) is 9.13. The molecule has 0 amide bonds. The fraction of sp³-hybridized carbons (Fsp3) is 0.200. The van der Waals surface area contributed by atoms with Crippen molar-refractivity contribution in [2.75, 3.05) is 0 Å². The van der Waals surface area contributed by atoms with Crippen molar-refractivity contribution in [2.45, 2.75) is 13.1 Å². The molecular weight excluding hydrogens is 212 g/mol. The fourth-order valence-corrected chi connectivity index (χ4v) is 8.96. The van der Waals surface area contributed by atoms with Crippen LogP contribution in [0.5, 0.6) is 0 Å². The average Bonchev–Trinajstić information content (AvgIpc) is 2.74. The Balaban J connectivity index is 2.44. The zero-order valence-corrected chi connectivity index (χ0v) is 10.3. The summed E-state index contributed by atoms with van der Waals surface area (Å²) in [6.07, 6.45) is 0. The summed E-state index contributed by atoms with van der Waals surface area (Å²) in [6.45, 7) is 4.93. The van der Waals surface area contributed by atoms with Crippen molar-refractivity contribution in [3.05, 3.63) is 22.9 Å². The second kappa shape index (κ2) is 2.35. The number of hydrogen-bond donors (Lipinski definition) is 0. The van der Waals surface area contributed by atoms with Gasteiger partial charge in [-0.1, -0.05) is 13.1 Å². The Morgan fingerprint density at radius 1 is 0.923 bits per heavy atom. The van der Waals surface area contributed by atoms with Crippen molar-refractivity contribution in [2.24, 2.45) is 0 Å². The lowest BCUT2D eigenvalue weighted by molar-refractivity contribution is 1.91. The highest BCUT2D eigenvalue weighted by Crippen LogP contribution is 2.32. The Morgan fingerprint density at radius 3 is 1.85 bits per heavy atom. The lowest BCUT2D eigenvalue weighted by Crippen LogP contribution is -2.46. The van der Waals surface area contributed by atoms with Crippen LogP contribution in [0.15, 0.2) is 22.9 Å². The molecule has 0 aromatic carbocycles. The van der Waals surface area contributed by atoms with Crippen molar-refractivity contribution in [1.29, 1.82) is 0 Å². The number of hydrogen-bond acceptors (Lipinski definition) is 2. The summed E-state index contributed by atoms with van der Waals surface area (Å²) in [5, 5.41) is 4.47. The second-order valence-electron chi connectivity index (χ2n) is 3.95. The predicted molar refractivity (Wildman–Crippen MR) is 64.4 cm³/mol. The molecule has 3 heteroatoms. The number of rotatable bonds is 0. The summed E-state index contributed by atoms with van der Waals surface area (Å²) in [4.78, 5) is 0. The molecule has 0 saturated heterocycles. The summed E-state index contributed by atoms with van der Waals surface area (Å²) in [7, 11) is -1.24. The molecule has 0 spiro atoms. The molecule has 66 valence electrons. The molecule has 0 unspecified atom stereocenters. The van der Waals surface area contributed by atoms with Crippen LogP contribution in [0.25, 0.3) is 11.1 Å². The molecule has 0 bridgehead atoms.